The van der Waals surface area contributed by atoms with Crippen LogP contribution < -0.4 is 4.90 Å². The highest BCUT2D eigenvalue weighted by molar-refractivity contribution is 5.95. The van der Waals surface area contributed by atoms with Gasteiger partial charge in [-0.25, -0.2) is 4.79 Å². The first-order valence-corrected chi connectivity index (χ1v) is 6.40. The van der Waals surface area contributed by atoms with Crippen molar-refractivity contribution in [1.29, 1.82) is 0 Å². The molecule has 1 rings (SSSR count). The first-order chi connectivity index (χ1) is 8.82. The topological polar surface area (TPSA) is 56.7 Å². The lowest BCUT2D eigenvalue weighted by atomic mass is 10.1. The predicted octanol–water partition coefficient (Wildman–Crippen LogP) is 1.78. The fourth-order valence-electron chi connectivity index (χ4n) is 2.12. The van der Waals surface area contributed by atoms with Gasteiger partial charge >= 0.3 is 5.97 Å². The molecule has 0 saturated heterocycles. The molecule has 0 unspecified atom stereocenters. The maximum atomic E-state index is 11.4. The molecule has 5 nitrogen and oxygen atoms in total. The zero-order valence-corrected chi connectivity index (χ0v) is 12.4. The molecular formula is C14H23N3O2. The Morgan fingerprint density at radius 1 is 1.26 bits per heavy atom. The maximum Gasteiger partial charge on any atom is 0.339 e. The lowest BCUT2D eigenvalue weighted by Gasteiger charge is -2.23. The Balaban J connectivity index is 2.94. The molecule has 5 heteroatoms. The average molecular weight is 265 g/mol. The summed E-state index contributed by atoms with van der Waals surface area (Å²) in [4.78, 5) is 19.7. The van der Waals surface area contributed by atoms with Gasteiger partial charge in [0.05, 0.1) is 11.4 Å². The van der Waals surface area contributed by atoms with E-state index in [0.29, 0.717) is 11.3 Å². The molecule has 0 aliphatic rings. The molecule has 1 aromatic rings. The smallest absolute Gasteiger partial charge is 0.339 e. The van der Waals surface area contributed by atoms with Gasteiger partial charge in [0.15, 0.2) is 0 Å². The summed E-state index contributed by atoms with van der Waals surface area (Å²) >= 11 is 0. The molecule has 0 saturated carbocycles. The van der Waals surface area contributed by atoms with Crippen molar-refractivity contribution >= 4 is 11.7 Å². The minimum atomic E-state index is -0.917. The summed E-state index contributed by atoms with van der Waals surface area (Å²) in [5.74, 6) is -0.917. The number of aromatic nitrogens is 1. The maximum absolute atomic E-state index is 11.4. The number of hydrogen-bond donors (Lipinski definition) is 1. The van der Waals surface area contributed by atoms with Crippen LogP contribution in [-0.4, -0.2) is 55.2 Å². The summed E-state index contributed by atoms with van der Waals surface area (Å²) in [7, 11) is 5.99. The molecule has 0 bridgehead atoms. The fraction of sp³-hybridized carbons (Fsp3) is 0.571. The van der Waals surface area contributed by atoms with Crippen LogP contribution >= 0.6 is 0 Å². The molecule has 0 aliphatic heterocycles. The second-order valence-corrected chi connectivity index (χ2v) is 5.13. The van der Waals surface area contributed by atoms with E-state index in [-0.39, 0.29) is 0 Å². The molecule has 1 N–H and O–H groups in total. The number of anilines is 1. The van der Waals surface area contributed by atoms with Crippen LogP contribution in [0.1, 0.15) is 28.2 Å². The Morgan fingerprint density at radius 3 is 2.42 bits per heavy atom. The number of pyridine rings is 1. The Bertz CT molecular complexity index is 458. The van der Waals surface area contributed by atoms with E-state index in [0.717, 1.165) is 30.9 Å². The Hall–Kier alpha value is -1.62. The average Bonchev–Trinajstić information content (AvgIpc) is 2.26. The molecule has 0 fully saturated rings. The number of aromatic carboxylic acids is 1. The minimum Gasteiger partial charge on any atom is -0.478 e. The highest BCUT2D eigenvalue weighted by Gasteiger charge is 2.18. The number of aryl methyl sites for hydroxylation is 2. The van der Waals surface area contributed by atoms with E-state index in [1.165, 1.54) is 0 Å². The Morgan fingerprint density at radius 2 is 1.89 bits per heavy atom. The molecule has 106 valence electrons. The van der Waals surface area contributed by atoms with Gasteiger partial charge < -0.3 is 14.9 Å². The van der Waals surface area contributed by atoms with E-state index in [4.69, 9.17) is 0 Å². The molecule has 0 amide bonds. The van der Waals surface area contributed by atoms with Crippen molar-refractivity contribution in [3.63, 3.8) is 0 Å². The minimum absolute atomic E-state index is 0.304. The van der Waals surface area contributed by atoms with Gasteiger partial charge in [-0.1, -0.05) is 0 Å². The molecule has 0 aliphatic carbocycles. The summed E-state index contributed by atoms with van der Waals surface area (Å²) in [5.41, 5.74) is 2.47. The first kappa shape index (κ1) is 15.4. The van der Waals surface area contributed by atoms with E-state index in [2.05, 4.69) is 9.88 Å². The van der Waals surface area contributed by atoms with E-state index in [1.807, 2.05) is 39.0 Å². The number of hydrogen-bond acceptors (Lipinski definition) is 4. The van der Waals surface area contributed by atoms with Crippen molar-refractivity contribution in [2.75, 3.05) is 39.1 Å². The van der Waals surface area contributed by atoms with Crippen molar-refractivity contribution in [3.8, 4) is 0 Å². The molecular weight excluding hydrogens is 242 g/mol. The van der Waals surface area contributed by atoms with Gasteiger partial charge in [-0.3, -0.25) is 4.98 Å². The highest BCUT2D eigenvalue weighted by atomic mass is 16.4. The molecule has 1 aromatic heterocycles. The molecule has 0 aromatic carbocycles. The first-order valence-electron chi connectivity index (χ1n) is 6.40. The van der Waals surface area contributed by atoms with Crippen LogP contribution in [0.2, 0.25) is 0 Å². The highest BCUT2D eigenvalue weighted by Crippen LogP contribution is 2.23. The van der Waals surface area contributed by atoms with Crippen LogP contribution in [-0.2, 0) is 0 Å². The second kappa shape index (κ2) is 6.52. The van der Waals surface area contributed by atoms with Crippen LogP contribution in [0.5, 0.6) is 0 Å². The van der Waals surface area contributed by atoms with Crippen LogP contribution in [0.25, 0.3) is 0 Å². The third-order valence-electron chi connectivity index (χ3n) is 3.03. The lowest BCUT2D eigenvalue weighted by Crippen LogP contribution is -2.25. The van der Waals surface area contributed by atoms with Crippen LogP contribution in [0, 0.1) is 13.8 Å². The standard InChI is InChI=1S/C14H23N3O2/c1-10-9-12(13(14(18)19)11(2)15-10)17(5)8-6-7-16(3)4/h9H,6-8H2,1-5H3,(H,18,19). The normalized spacial score (nSPS) is 10.8. The fourth-order valence-corrected chi connectivity index (χ4v) is 2.12. The van der Waals surface area contributed by atoms with E-state index in [1.54, 1.807) is 6.92 Å². The summed E-state index contributed by atoms with van der Waals surface area (Å²) in [6.45, 7) is 5.43. The van der Waals surface area contributed by atoms with Crippen molar-refractivity contribution in [1.82, 2.24) is 9.88 Å². The van der Waals surface area contributed by atoms with Crippen molar-refractivity contribution in [2.24, 2.45) is 0 Å². The van der Waals surface area contributed by atoms with Gasteiger partial charge in [0, 0.05) is 19.3 Å². The number of rotatable bonds is 6. The summed E-state index contributed by atoms with van der Waals surface area (Å²) in [5, 5.41) is 9.33. The van der Waals surface area contributed by atoms with Crippen molar-refractivity contribution < 1.29 is 9.90 Å². The van der Waals surface area contributed by atoms with Crippen LogP contribution in [0.15, 0.2) is 6.07 Å². The van der Waals surface area contributed by atoms with Gasteiger partial charge in [0.1, 0.15) is 5.56 Å². The van der Waals surface area contributed by atoms with Gasteiger partial charge in [-0.15, -0.1) is 0 Å². The quantitative estimate of drug-likeness (QED) is 0.849. The third-order valence-corrected chi connectivity index (χ3v) is 3.03. The van der Waals surface area contributed by atoms with Crippen LogP contribution in [0.4, 0.5) is 5.69 Å². The lowest BCUT2D eigenvalue weighted by molar-refractivity contribution is 0.0696. The zero-order valence-electron chi connectivity index (χ0n) is 12.4. The SMILES string of the molecule is Cc1cc(N(C)CCCN(C)C)c(C(=O)O)c(C)n1. The van der Waals surface area contributed by atoms with E-state index < -0.39 is 5.97 Å². The monoisotopic (exact) mass is 265 g/mol. The third kappa shape index (κ3) is 4.21. The second-order valence-electron chi connectivity index (χ2n) is 5.13. The molecule has 0 atom stereocenters. The van der Waals surface area contributed by atoms with E-state index >= 15 is 0 Å². The van der Waals surface area contributed by atoms with Gasteiger partial charge in [0.2, 0.25) is 0 Å². The van der Waals surface area contributed by atoms with Crippen molar-refractivity contribution in [2.45, 2.75) is 20.3 Å². The predicted molar refractivity (Wildman–Crippen MR) is 77.1 cm³/mol. The number of carboxylic acids is 1. The van der Waals surface area contributed by atoms with Gasteiger partial charge in [-0.05, 0) is 47.0 Å². The van der Waals surface area contributed by atoms with Gasteiger partial charge in [0.25, 0.3) is 0 Å². The summed E-state index contributed by atoms with van der Waals surface area (Å²) < 4.78 is 0. The van der Waals surface area contributed by atoms with Gasteiger partial charge in [-0.2, -0.15) is 0 Å². The summed E-state index contributed by atoms with van der Waals surface area (Å²) in [6.07, 6.45) is 0.989. The summed E-state index contributed by atoms with van der Waals surface area (Å²) in [6, 6.07) is 1.84. The number of nitrogens with zero attached hydrogens (tertiary/aromatic N) is 3. The molecule has 19 heavy (non-hydrogen) atoms. The zero-order chi connectivity index (χ0) is 14.6. The Labute approximate surface area is 114 Å². The molecule has 0 spiro atoms. The Kier molecular flexibility index (Phi) is 5.30. The van der Waals surface area contributed by atoms with E-state index in [9.17, 15) is 9.90 Å². The number of carboxylic acid groups (broad SMARTS) is 1. The van der Waals surface area contributed by atoms with Crippen molar-refractivity contribution in [3.05, 3.63) is 23.0 Å². The largest absolute Gasteiger partial charge is 0.478 e. The number of carbonyl (C=O) groups is 1. The molecule has 1 heterocycles. The van der Waals surface area contributed by atoms with Crippen LogP contribution in [0.3, 0.4) is 0 Å². The molecule has 0 radical (unpaired) electrons.